The molecule has 160 valence electrons. The number of methoxy groups -OCH3 is 1. The van der Waals surface area contributed by atoms with Gasteiger partial charge in [0.25, 0.3) is 5.91 Å². The van der Waals surface area contributed by atoms with Gasteiger partial charge in [-0.15, -0.1) is 0 Å². The van der Waals surface area contributed by atoms with Gasteiger partial charge in [0.1, 0.15) is 10.6 Å². The monoisotopic (exact) mass is 436 g/mol. The molecule has 0 radical (unpaired) electrons. The molecule has 0 saturated heterocycles. The van der Waals surface area contributed by atoms with Gasteiger partial charge in [-0.25, -0.2) is 13.1 Å². The van der Waals surface area contributed by atoms with E-state index in [1.54, 1.807) is 11.0 Å². The van der Waals surface area contributed by atoms with Gasteiger partial charge in [0.05, 0.1) is 7.11 Å². The Morgan fingerprint density at radius 1 is 1.06 bits per heavy atom. The van der Waals surface area contributed by atoms with Gasteiger partial charge in [-0.1, -0.05) is 48.5 Å². The number of hydrogen-bond acceptors (Lipinski definition) is 4. The molecule has 4 rings (SSSR count). The quantitative estimate of drug-likeness (QED) is 0.638. The lowest BCUT2D eigenvalue weighted by molar-refractivity contribution is 0.0981. The van der Waals surface area contributed by atoms with Crippen LogP contribution in [0.3, 0.4) is 0 Å². The number of carbonyl (C=O) groups excluding carboxylic acids is 1. The van der Waals surface area contributed by atoms with Crippen molar-refractivity contribution in [2.24, 2.45) is 0 Å². The zero-order chi connectivity index (χ0) is 22.0. The first-order valence-corrected chi connectivity index (χ1v) is 11.5. The van der Waals surface area contributed by atoms with Crippen LogP contribution in [0.15, 0.2) is 77.7 Å². The molecule has 3 aromatic rings. The molecule has 1 heterocycles. The van der Waals surface area contributed by atoms with Crippen molar-refractivity contribution in [3.8, 4) is 5.75 Å². The van der Waals surface area contributed by atoms with Crippen LogP contribution in [0.4, 0.5) is 5.69 Å². The Morgan fingerprint density at radius 2 is 1.77 bits per heavy atom. The van der Waals surface area contributed by atoms with Crippen LogP contribution in [-0.2, 0) is 23.0 Å². The normalized spacial score (nSPS) is 15.5. The fourth-order valence-corrected chi connectivity index (χ4v) is 5.10. The molecule has 1 atom stereocenters. The maximum absolute atomic E-state index is 13.3. The molecule has 1 unspecified atom stereocenters. The summed E-state index contributed by atoms with van der Waals surface area (Å²) in [5.74, 6) is -0.0494. The number of anilines is 1. The number of benzene rings is 3. The second-order valence-electron chi connectivity index (χ2n) is 7.53. The molecule has 0 fully saturated rings. The lowest BCUT2D eigenvalue weighted by Crippen LogP contribution is -2.36. The van der Waals surface area contributed by atoms with E-state index < -0.39 is 10.0 Å². The number of carbonyl (C=O) groups is 1. The molecule has 7 heteroatoms. The topological polar surface area (TPSA) is 75.7 Å². The van der Waals surface area contributed by atoms with E-state index in [0.717, 1.165) is 23.2 Å². The van der Waals surface area contributed by atoms with E-state index in [-0.39, 0.29) is 29.1 Å². The highest BCUT2D eigenvalue weighted by molar-refractivity contribution is 7.89. The largest absolute Gasteiger partial charge is 0.495 e. The third-order valence-electron chi connectivity index (χ3n) is 5.44. The summed E-state index contributed by atoms with van der Waals surface area (Å²) in [4.78, 5) is 15.0. The molecule has 0 bridgehead atoms. The zero-order valence-electron chi connectivity index (χ0n) is 17.4. The third-order valence-corrected chi connectivity index (χ3v) is 6.86. The number of rotatable bonds is 6. The number of amides is 1. The van der Waals surface area contributed by atoms with Gasteiger partial charge < -0.3 is 9.64 Å². The Morgan fingerprint density at radius 3 is 2.52 bits per heavy atom. The highest BCUT2D eigenvalue weighted by Crippen LogP contribution is 2.34. The standard InChI is InChI=1S/C24H24N2O4S/c1-17-14-19-10-6-7-11-21(19)26(17)24(27)20-12-13-22(30-2)23(15-20)31(28,29)25-16-18-8-4-3-5-9-18/h3-13,15,17,25H,14,16H2,1-2H3. The number of nitrogens with one attached hydrogen (secondary N) is 1. The van der Waals surface area contributed by atoms with Crippen molar-refractivity contribution >= 4 is 21.6 Å². The van der Waals surface area contributed by atoms with Crippen molar-refractivity contribution in [2.45, 2.75) is 30.8 Å². The molecule has 6 nitrogen and oxygen atoms in total. The van der Waals surface area contributed by atoms with Crippen LogP contribution in [0.2, 0.25) is 0 Å². The van der Waals surface area contributed by atoms with Gasteiger partial charge in [0.15, 0.2) is 0 Å². The van der Waals surface area contributed by atoms with E-state index >= 15 is 0 Å². The molecular formula is C24H24N2O4S. The van der Waals surface area contributed by atoms with Gasteiger partial charge in [0, 0.05) is 23.8 Å². The van der Waals surface area contributed by atoms with Gasteiger partial charge in [0.2, 0.25) is 10.0 Å². The van der Waals surface area contributed by atoms with Gasteiger partial charge in [-0.2, -0.15) is 0 Å². The van der Waals surface area contributed by atoms with E-state index in [1.807, 2.05) is 61.5 Å². The summed E-state index contributed by atoms with van der Waals surface area (Å²) >= 11 is 0. The molecule has 0 saturated carbocycles. The fourth-order valence-electron chi connectivity index (χ4n) is 3.89. The van der Waals surface area contributed by atoms with Crippen LogP contribution in [0, 0.1) is 0 Å². The Kier molecular flexibility index (Phi) is 5.80. The van der Waals surface area contributed by atoms with E-state index in [2.05, 4.69) is 4.72 Å². The molecule has 1 aliphatic heterocycles. The zero-order valence-corrected chi connectivity index (χ0v) is 18.2. The summed E-state index contributed by atoms with van der Waals surface area (Å²) in [6.07, 6.45) is 0.766. The number of para-hydroxylation sites is 1. The summed E-state index contributed by atoms with van der Waals surface area (Å²) in [6.45, 7) is 2.13. The number of hydrogen-bond donors (Lipinski definition) is 1. The SMILES string of the molecule is COc1ccc(C(=O)N2c3ccccc3CC2C)cc1S(=O)(=O)NCc1ccccc1. The second kappa shape index (κ2) is 8.53. The molecule has 1 N–H and O–H groups in total. The van der Waals surface area contributed by atoms with Crippen LogP contribution in [0.1, 0.15) is 28.4 Å². The maximum Gasteiger partial charge on any atom is 0.258 e. The summed E-state index contributed by atoms with van der Waals surface area (Å²) in [7, 11) is -2.49. The first-order valence-electron chi connectivity index (χ1n) is 10.0. The van der Waals surface area contributed by atoms with Crippen LogP contribution in [0.5, 0.6) is 5.75 Å². The van der Waals surface area contributed by atoms with Gasteiger partial charge >= 0.3 is 0 Å². The predicted octanol–water partition coefficient (Wildman–Crippen LogP) is 3.77. The summed E-state index contributed by atoms with van der Waals surface area (Å²) in [5.41, 5.74) is 3.10. The number of sulfonamides is 1. The molecule has 31 heavy (non-hydrogen) atoms. The van der Waals surface area contributed by atoms with Crippen molar-refractivity contribution in [1.82, 2.24) is 4.72 Å². The van der Waals surface area contributed by atoms with Crippen molar-refractivity contribution in [1.29, 1.82) is 0 Å². The Hall–Kier alpha value is -3.16. The highest BCUT2D eigenvalue weighted by atomic mass is 32.2. The smallest absolute Gasteiger partial charge is 0.258 e. The molecule has 1 amide bonds. The van der Waals surface area contributed by atoms with Gasteiger partial charge in [-0.05, 0) is 48.7 Å². The molecular weight excluding hydrogens is 412 g/mol. The fraction of sp³-hybridized carbons (Fsp3) is 0.208. The molecule has 0 spiro atoms. The summed E-state index contributed by atoms with van der Waals surface area (Å²) in [5, 5.41) is 0. The maximum atomic E-state index is 13.3. The summed E-state index contributed by atoms with van der Waals surface area (Å²) in [6, 6.07) is 21.5. The van der Waals surface area contributed by atoms with Crippen molar-refractivity contribution in [2.75, 3.05) is 12.0 Å². The summed E-state index contributed by atoms with van der Waals surface area (Å²) < 4.78 is 33.9. The highest BCUT2D eigenvalue weighted by Gasteiger charge is 2.32. The van der Waals surface area contributed by atoms with E-state index in [4.69, 9.17) is 4.74 Å². The van der Waals surface area contributed by atoms with Crippen molar-refractivity contribution in [3.63, 3.8) is 0 Å². The van der Waals surface area contributed by atoms with E-state index in [0.29, 0.717) is 5.56 Å². The average molecular weight is 437 g/mol. The first-order chi connectivity index (χ1) is 14.9. The van der Waals surface area contributed by atoms with E-state index in [1.165, 1.54) is 19.2 Å². The van der Waals surface area contributed by atoms with Crippen LogP contribution >= 0.6 is 0 Å². The minimum Gasteiger partial charge on any atom is -0.495 e. The number of fused-ring (bicyclic) bond motifs is 1. The minimum atomic E-state index is -3.90. The number of nitrogens with zero attached hydrogens (tertiary/aromatic N) is 1. The van der Waals surface area contributed by atoms with Crippen LogP contribution in [-0.4, -0.2) is 27.5 Å². The number of ether oxygens (including phenoxy) is 1. The van der Waals surface area contributed by atoms with E-state index in [9.17, 15) is 13.2 Å². The van der Waals surface area contributed by atoms with Gasteiger partial charge in [-0.3, -0.25) is 4.79 Å². The van der Waals surface area contributed by atoms with Crippen LogP contribution in [0.25, 0.3) is 0 Å². The minimum absolute atomic E-state index is 0.0109. The Labute approximate surface area is 182 Å². The third kappa shape index (κ3) is 4.19. The molecule has 3 aromatic carbocycles. The van der Waals surface area contributed by atoms with Crippen molar-refractivity contribution < 1.29 is 17.9 Å². The molecule has 0 aromatic heterocycles. The first kappa shape index (κ1) is 21.1. The Balaban J connectivity index is 1.65. The molecule has 1 aliphatic rings. The lowest BCUT2D eigenvalue weighted by Gasteiger charge is -2.23. The molecule has 0 aliphatic carbocycles. The average Bonchev–Trinajstić information content (AvgIpc) is 3.13. The van der Waals surface area contributed by atoms with Crippen LogP contribution < -0.4 is 14.4 Å². The lowest BCUT2D eigenvalue weighted by atomic mass is 10.1. The van der Waals surface area contributed by atoms with Crippen molar-refractivity contribution in [3.05, 3.63) is 89.5 Å². The predicted molar refractivity (Wildman–Crippen MR) is 120 cm³/mol. The Bertz CT molecular complexity index is 1210. The second-order valence-corrected chi connectivity index (χ2v) is 9.27.